The van der Waals surface area contributed by atoms with Gasteiger partial charge in [-0.1, -0.05) is 12.2 Å². The van der Waals surface area contributed by atoms with Gasteiger partial charge in [0.15, 0.2) is 22.3 Å². The Hall–Kier alpha value is -6.68. The highest BCUT2D eigenvalue weighted by Gasteiger charge is 2.50. The van der Waals surface area contributed by atoms with Crippen LogP contribution in [0, 0.1) is 13.8 Å². The fourth-order valence-corrected chi connectivity index (χ4v) is 21.2. The van der Waals surface area contributed by atoms with Crippen LogP contribution < -0.4 is 67.9 Å². The summed E-state index contributed by atoms with van der Waals surface area (Å²) in [6.45, 7) is -24.6. The Kier molecular flexibility index (Phi) is 26.4. The number of fused-ring (bicyclic) bond motifs is 2. The van der Waals surface area contributed by atoms with E-state index < -0.39 is 235 Å². The van der Waals surface area contributed by atoms with Crippen molar-refractivity contribution in [1.82, 2.24) is 77.2 Å². The summed E-state index contributed by atoms with van der Waals surface area (Å²) >= 11 is 26.3. The van der Waals surface area contributed by atoms with Gasteiger partial charge in [-0.2, -0.15) is 19.9 Å². The number of thiol groups is 1. The number of hydrogen-bond donors (Lipinski definition) is 15. The number of nitrogen functional groups attached to an aromatic ring is 4. The number of hydrogen-bond acceptors (Lipinski definition) is 41. The first-order valence-electron chi connectivity index (χ1n) is 35.4. The van der Waals surface area contributed by atoms with Crippen LogP contribution in [-0.4, -0.2) is 220 Å². The smallest absolute Gasteiger partial charge is 0.386 e. The summed E-state index contributed by atoms with van der Waals surface area (Å²) in [7, 11) is 0. The number of rotatable bonds is 32. The number of imidazole rings is 2. The van der Waals surface area contributed by atoms with Gasteiger partial charge in [0.1, 0.15) is 91.7 Å². The van der Waals surface area contributed by atoms with Crippen molar-refractivity contribution in [2.75, 3.05) is 62.6 Å². The molecule has 14 rings (SSSR count). The van der Waals surface area contributed by atoms with Gasteiger partial charge in [-0.15, -0.1) is 0 Å². The number of aromatic amines is 4. The summed E-state index contributed by atoms with van der Waals surface area (Å²) in [6.07, 6.45) is -17.7. The maximum Gasteiger partial charge on any atom is 0.386 e. The molecular formula is C58H75N20O31P5S5. The molecule has 0 radical (unpaired) electrons. The first kappa shape index (κ1) is 88.6. The first-order valence-corrected chi connectivity index (χ1v) is 48.5. The van der Waals surface area contributed by atoms with Crippen LogP contribution in [0.5, 0.6) is 0 Å². The third-order valence-corrected chi connectivity index (χ3v) is 27.4. The van der Waals surface area contributed by atoms with Crippen LogP contribution in [0.3, 0.4) is 0 Å². The molecule has 0 saturated carbocycles. The van der Waals surface area contributed by atoms with Gasteiger partial charge in [-0.25, -0.2) is 33.7 Å². The van der Waals surface area contributed by atoms with Crippen molar-refractivity contribution in [1.29, 1.82) is 0 Å². The van der Waals surface area contributed by atoms with Gasteiger partial charge in [0, 0.05) is 74.4 Å². The van der Waals surface area contributed by atoms with E-state index in [4.69, 9.17) is 144 Å². The monoisotopic (exact) mass is 1860 g/mol. The molecule has 6 aliphatic rings. The standard InChI is InChI=1S/C58H75N20O31P5S5/c1-23-13-75(57(87)71-49(23)81)42-10-28(34(102-42)18-95-111(90,116)105-26-8-40(99-31(26)15-79)73-5-3-37(59)65-55(73)85)107-112(91,117)97-19-35-29(11-43(103-35)76-14-24(2)50(82)72-58(76)88)108-113(92,118)98-20-36-30(12-44(104-36)78-22-64-46-48(78)68-54(62)70-52(46)84)109-114(93,119)96-17-33-27(9-41(101-33)74-6-4-38(60)66-56(74)86)106-110(89,115)94-16-32-25(80)7-39(100-32)77-21-63-45-47(77)67-53(61)69-51(45)83/h3-6,13-14,21-22,25-36,39-44,79-80H,7-12,15-20H2,1-2H3,(H,89,115)(H,90,116)(H,91,117)(H,92,118)(H,93,119)(H2,59,65,85)(H2,60,66,86)(H,71,81,87)(H,72,82,88)(H3,61,67,69,83)(H3,62,68,70,84)/t25-,26-,27-,28-,29-,30-,31+,32+,33+,34+,35+,36+,39+,40+,41+,42+,43+,44+,110?,111?,112?,113?,114?/m0/s1. The number of nitrogens with two attached hydrogens (primary N) is 4. The van der Waals surface area contributed by atoms with Crippen molar-refractivity contribution in [2.24, 2.45) is 0 Å². The molecule has 61 heteroatoms. The van der Waals surface area contributed by atoms with Crippen LogP contribution >= 0.6 is 45.9 Å². The van der Waals surface area contributed by atoms with E-state index in [0.29, 0.717) is 0 Å². The maximum atomic E-state index is 14.8. The zero-order valence-corrected chi connectivity index (χ0v) is 70.0. The molecule has 648 valence electrons. The lowest BCUT2D eigenvalue weighted by Crippen LogP contribution is -2.33. The summed E-state index contributed by atoms with van der Waals surface area (Å²) in [5.41, 5.74) is 16.6. The Labute approximate surface area is 690 Å². The van der Waals surface area contributed by atoms with Gasteiger partial charge in [0.2, 0.25) is 11.9 Å². The third kappa shape index (κ3) is 20.6. The van der Waals surface area contributed by atoms with Crippen LogP contribution in [0.1, 0.15) is 87.0 Å². The van der Waals surface area contributed by atoms with Crippen molar-refractivity contribution in [2.45, 2.75) is 163 Å². The molecule has 0 amide bonds. The van der Waals surface area contributed by atoms with E-state index in [0.717, 1.165) is 24.5 Å². The van der Waals surface area contributed by atoms with E-state index in [9.17, 15) is 72.7 Å². The minimum absolute atomic E-state index is 0.0431. The second kappa shape index (κ2) is 35.5. The summed E-state index contributed by atoms with van der Waals surface area (Å²) < 4.78 is 118. The molecule has 0 bridgehead atoms. The number of aliphatic hydroxyl groups is 2. The SMILES string of the molecule is Cc1cn([C@H]2C[C@H](OP(=O)(S)OC[C@H]3O[C@@H](n4cnc5c(=O)[nH]c(N)nc54)C[C@@H]3OP(O)(=S)OC[C@H]3O[C@@H](n4ccc(N)nc4=O)C[C@@H]3OP(O)(=S)OC[C@H]3O[C@@H](n4cnc5c(=O)[nH]c(N)nc54)C[C@@H]3O)[C@@H](COP(O)(=S)O[C@H]3C[C@H](n4cc(C)c(=O)[nH]c4=O)O[C@@H]3COP(O)(=S)O[C@H]3C[C@H](n4ccc(N)nc4=O)O[C@@H]3CO)O2)c(=O)[nH]c1=O. The molecular weight excluding hydrogens is 1790 g/mol. The average Bonchev–Trinajstić information content (AvgIpc) is 1.64. The highest BCUT2D eigenvalue weighted by Crippen LogP contribution is 2.59. The number of aromatic nitrogens is 16. The molecule has 6 saturated heterocycles. The van der Waals surface area contributed by atoms with Crippen molar-refractivity contribution < 1.29 is 108 Å². The van der Waals surface area contributed by atoms with Crippen molar-refractivity contribution >= 4 is 139 Å². The zero-order chi connectivity index (χ0) is 85.3. The molecule has 6 aliphatic heterocycles. The second-order valence-corrected chi connectivity index (χ2v) is 41.6. The maximum absolute atomic E-state index is 14.8. The minimum Gasteiger partial charge on any atom is -0.394 e. The summed E-state index contributed by atoms with van der Waals surface area (Å²) in [5, 5.41) is 21.3. The molecule has 23 atom stereocenters. The normalized spacial score (nSPS) is 29.8. The van der Waals surface area contributed by atoms with E-state index in [1.54, 1.807) is 0 Å². The molecule has 8 aromatic heterocycles. The number of nitrogens with one attached hydrogen (secondary N) is 4. The Morgan fingerprint density at radius 3 is 1.15 bits per heavy atom. The lowest BCUT2D eigenvalue weighted by molar-refractivity contribution is -0.0569. The molecule has 8 aromatic rings. The highest BCUT2D eigenvalue weighted by atomic mass is 32.7. The summed E-state index contributed by atoms with van der Waals surface area (Å²) in [4.78, 5) is 183. The van der Waals surface area contributed by atoms with Gasteiger partial charge in [0.05, 0.1) is 82.8 Å². The van der Waals surface area contributed by atoms with Crippen molar-refractivity contribution in [3.63, 3.8) is 0 Å². The summed E-state index contributed by atoms with van der Waals surface area (Å²) in [5.74, 6) is -0.732. The Bertz CT molecular complexity index is 5960. The average molecular weight is 1860 g/mol. The lowest BCUT2D eigenvalue weighted by atomic mass is 10.2. The Morgan fingerprint density at radius 2 is 0.773 bits per heavy atom. The molecule has 0 spiro atoms. The van der Waals surface area contributed by atoms with Gasteiger partial charge in [-0.05, 0) is 73.2 Å². The molecule has 51 nitrogen and oxygen atoms in total. The van der Waals surface area contributed by atoms with Crippen molar-refractivity contribution in [3.05, 3.63) is 144 Å². The topological polar surface area (TPSA) is 697 Å². The van der Waals surface area contributed by atoms with E-state index in [1.165, 1.54) is 66.4 Å². The van der Waals surface area contributed by atoms with Gasteiger partial charge < -0.3 is 117 Å². The Morgan fingerprint density at radius 1 is 0.454 bits per heavy atom. The number of H-pyrrole nitrogens is 4. The molecule has 5 unspecified atom stereocenters. The van der Waals surface area contributed by atoms with Gasteiger partial charge in [0.25, 0.3) is 22.2 Å². The lowest BCUT2D eigenvalue weighted by Gasteiger charge is -2.28. The van der Waals surface area contributed by atoms with Crippen LogP contribution in [0.15, 0.2) is 87.9 Å². The predicted octanol–water partition coefficient (Wildman–Crippen LogP) is -2.20. The fourth-order valence-electron chi connectivity index (χ4n) is 13.8. The molecule has 0 aromatic carbocycles. The minimum atomic E-state index is -4.85. The molecule has 0 aliphatic carbocycles. The summed E-state index contributed by atoms with van der Waals surface area (Å²) in [6, 6.07) is 2.63. The van der Waals surface area contributed by atoms with E-state index in [1.807, 2.05) is 0 Å². The number of aliphatic hydroxyl groups excluding tert-OH is 2. The van der Waals surface area contributed by atoms with Crippen LogP contribution in [0.4, 0.5) is 23.5 Å². The quantitative estimate of drug-likeness (QED) is 0.0157. The number of anilines is 4. The third-order valence-electron chi connectivity index (χ3n) is 19.4. The zero-order valence-electron chi connectivity index (χ0n) is 61.4. The number of aryl methyl sites for hydroxylation is 2. The second-order valence-electron chi connectivity index (χ2n) is 27.6. The molecule has 18 N–H and O–H groups in total. The largest absolute Gasteiger partial charge is 0.394 e. The number of ether oxygens (including phenoxy) is 6. The first-order chi connectivity index (χ1) is 56.1. The van der Waals surface area contributed by atoms with Crippen LogP contribution in [0.2, 0.25) is 0 Å². The Balaban J connectivity index is 0.664. The van der Waals surface area contributed by atoms with Crippen LogP contribution in [-0.2, 0) is 125 Å². The van der Waals surface area contributed by atoms with E-state index in [2.05, 4.69) is 62.1 Å². The molecule has 6 fully saturated rings. The van der Waals surface area contributed by atoms with Crippen molar-refractivity contribution in [3.8, 4) is 0 Å². The number of nitrogens with zero attached hydrogens (tertiary/aromatic N) is 12. The highest BCUT2D eigenvalue weighted by molar-refractivity contribution is 8.44. The molecule has 119 heavy (non-hydrogen) atoms. The van der Waals surface area contributed by atoms with Gasteiger partial charge >= 0.3 is 56.4 Å². The van der Waals surface area contributed by atoms with Crippen LogP contribution in [0.25, 0.3) is 22.3 Å². The van der Waals surface area contributed by atoms with E-state index >= 15 is 0 Å². The molecule has 14 heterocycles. The fraction of sp³-hybridized carbons (Fsp3) is 0.552. The van der Waals surface area contributed by atoms with Gasteiger partial charge in [-0.3, -0.25) is 75.6 Å². The predicted molar refractivity (Wildman–Crippen MR) is 424 cm³/mol. The van der Waals surface area contributed by atoms with E-state index in [-0.39, 0.29) is 89.1 Å².